The van der Waals surface area contributed by atoms with Crippen molar-refractivity contribution in [3.05, 3.63) is 46.2 Å². The number of hydrogen-bond donors (Lipinski definition) is 0. The van der Waals surface area contributed by atoms with Gasteiger partial charge in [-0.25, -0.2) is 4.98 Å². The highest BCUT2D eigenvalue weighted by Gasteiger charge is 2.28. The number of thiazole rings is 1. The van der Waals surface area contributed by atoms with Crippen molar-refractivity contribution in [3.63, 3.8) is 0 Å². The molecule has 0 spiro atoms. The molecule has 0 unspecified atom stereocenters. The van der Waals surface area contributed by atoms with Crippen LogP contribution < -0.4 is 0 Å². The number of nitrogens with zero attached hydrogens (tertiary/aromatic N) is 4. The topological polar surface area (TPSA) is 43.6 Å². The van der Waals surface area contributed by atoms with Gasteiger partial charge in [0.15, 0.2) is 5.16 Å². The zero-order valence-electron chi connectivity index (χ0n) is 12.6. The SMILES string of the molecule is Cc1nnc(SCc2csc(-c3ccc(Cl)cc3)n2)n1C1CC1. The Labute approximate surface area is 147 Å². The van der Waals surface area contributed by atoms with Crippen LogP contribution in [0.5, 0.6) is 0 Å². The second-order valence-corrected chi connectivity index (χ2v) is 7.81. The molecule has 1 aromatic carbocycles. The van der Waals surface area contributed by atoms with Crippen LogP contribution in [0, 0.1) is 6.92 Å². The van der Waals surface area contributed by atoms with Gasteiger partial charge in [-0.15, -0.1) is 21.5 Å². The summed E-state index contributed by atoms with van der Waals surface area (Å²) in [6.07, 6.45) is 2.48. The van der Waals surface area contributed by atoms with E-state index in [9.17, 15) is 0 Å². The van der Waals surface area contributed by atoms with E-state index in [4.69, 9.17) is 16.6 Å². The van der Waals surface area contributed by atoms with Crippen LogP contribution in [0.3, 0.4) is 0 Å². The molecule has 118 valence electrons. The lowest BCUT2D eigenvalue weighted by atomic mass is 10.2. The van der Waals surface area contributed by atoms with Gasteiger partial charge in [0.1, 0.15) is 10.8 Å². The molecule has 0 saturated heterocycles. The highest BCUT2D eigenvalue weighted by Crippen LogP contribution is 2.39. The highest BCUT2D eigenvalue weighted by atomic mass is 35.5. The molecule has 0 aliphatic heterocycles. The summed E-state index contributed by atoms with van der Waals surface area (Å²) in [5.41, 5.74) is 2.18. The highest BCUT2D eigenvalue weighted by molar-refractivity contribution is 7.98. The molecule has 4 rings (SSSR count). The Kier molecular flexibility index (Phi) is 4.13. The minimum atomic E-state index is 0.604. The van der Waals surface area contributed by atoms with Gasteiger partial charge in [0, 0.05) is 27.8 Å². The molecule has 2 aromatic heterocycles. The van der Waals surface area contributed by atoms with E-state index in [1.165, 1.54) is 12.8 Å². The molecule has 7 heteroatoms. The van der Waals surface area contributed by atoms with Crippen LogP contribution >= 0.6 is 34.7 Å². The monoisotopic (exact) mass is 362 g/mol. The fraction of sp³-hybridized carbons (Fsp3) is 0.312. The van der Waals surface area contributed by atoms with E-state index in [1.54, 1.807) is 23.1 Å². The molecule has 1 fully saturated rings. The van der Waals surface area contributed by atoms with Crippen molar-refractivity contribution in [1.82, 2.24) is 19.7 Å². The van der Waals surface area contributed by atoms with Crippen molar-refractivity contribution < 1.29 is 0 Å². The van der Waals surface area contributed by atoms with Crippen molar-refractivity contribution in [2.45, 2.75) is 36.7 Å². The predicted molar refractivity (Wildman–Crippen MR) is 95.2 cm³/mol. The summed E-state index contributed by atoms with van der Waals surface area (Å²) in [4.78, 5) is 4.72. The molecule has 0 atom stereocenters. The third-order valence-corrected chi connectivity index (χ3v) is 5.91. The molecular weight excluding hydrogens is 348 g/mol. The number of aromatic nitrogens is 4. The maximum absolute atomic E-state index is 5.93. The zero-order valence-corrected chi connectivity index (χ0v) is 15.0. The van der Waals surface area contributed by atoms with Crippen LogP contribution in [-0.4, -0.2) is 19.7 Å². The van der Waals surface area contributed by atoms with Gasteiger partial charge in [-0.1, -0.05) is 35.5 Å². The Morgan fingerprint density at radius 2 is 2.04 bits per heavy atom. The Morgan fingerprint density at radius 3 is 2.78 bits per heavy atom. The maximum atomic E-state index is 5.93. The smallest absolute Gasteiger partial charge is 0.191 e. The Bertz CT molecular complexity index is 821. The van der Waals surface area contributed by atoms with Gasteiger partial charge in [0.25, 0.3) is 0 Å². The average Bonchev–Trinajstić information content (AvgIpc) is 3.15. The van der Waals surface area contributed by atoms with Crippen LogP contribution in [0.2, 0.25) is 5.02 Å². The first-order valence-electron chi connectivity index (χ1n) is 7.45. The number of thioether (sulfide) groups is 1. The summed E-state index contributed by atoms with van der Waals surface area (Å²) in [5, 5.41) is 13.4. The van der Waals surface area contributed by atoms with Crippen LogP contribution in [0.15, 0.2) is 34.8 Å². The molecule has 3 aromatic rings. The normalized spacial score (nSPS) is 14.3. The molecule has 4 nitrogen and oxygen atoms in total. The second-order valence-electron chi connectivity index (χ2n) is 5.57. The first-order chi connectivity index (χ1) is 11.2. The number of halogens is 1. The molecule has 0 radical (unpaired) electrons. The molecular formula is C16H15ClN4S2. The van der Waals surface area contributed by atoms with E-state index >= 15 is 0 Å². The van der Waals surface area contributed by atoms with Crippen molar-refractivity contribution in [1.29, 1.82) is 0 Å². The summed E-state index contributed by atoms with van der Waals surface area (Å²) in [7, 11) is 0. The second kappa shape index (κ2) is 6.26. The molecule has 2 heterocycles. The summed E-state index contributed by atoms with van der Waals surface area (Å²) < 4.78 is 2.26. The van der Waals surface area contributed by atoms with E-state index in [0.717, 1.165) is 38.0 Å². The Balaban J connectivity index is 1.47. The quantitative estimate of drug-likeness (QED) is 0.599. The van der Waals surface area contributed by atoms with Gasteiger partial charge in [0.2, 0.25) is 0 Å². The number of benzene rings is 1. The fourth-order valence-corrected chi connectivity index (χ4v) is 4.44. The molecule has 1 aliphatic rings. The third kappa shape index (κ3) is 3.29. The fourth-order valence-electron chi connectivity index (χ4n) is 2.44. The minimum absolute atomic E-state index is 0.604. The van der Waals surface area contributed by atoms with E-state index in [1.807, 2.05) is 31.2 Å². The van der Waals surface area contributed by atoms with Crippen LogP contribution in [0.4, 0.5) is 0 Å². The molecule has 1 saturated carbocycles. The average molecular weight is 363 g/mol. The van der Waals surface area contributed by atoms with Crippen molar-refractivity contribution >= 4 is 34.7 Å². The molecule has 0 N–H and O–H groups in total. The third-order valence-electron chi connectivity index (χ3n) is 3.74. The van der Waals surface area contributed by atoms with E-state index in [0.29, 0.717) is 6.04 Å². The first-order valence-corrected chi connectivity index (χ1v) is 9.69. The summed E-state index contributed by atoms with van der Waals surface area (Å²) in [6.45, 7) is 2.02. The summed E-state index contributed by atoms with van der Waals surface area (Å²) in [6, 6.07) is 8.41. The lowest BCUT2D eigenvalue weighted by molar-refractivity contribution is 0.644. The van der Waals surface area contributed by atoms with Crippen LogP contribution in [0.25, 0.3) is 10.6 Å². The number of hydrogen-bond acceptors (Lipinski definition) is 5. The Morgan fingerprint density at radius 1 is 1.26 bits per heavy atom. The lowest BCUT2D eigenvalue weighted by Gasteiger charge is -2.05. The predicted octanol–water partition coefficient (Wildman–Crippen LogP) is 4.99. The van der Waals surface area contributed by atoms with E-state index in [2.05, 4.69) is 20.1 Å². The summed E-state index contributed by atoms with van der Waals surface area (Å²) in [5.74, 6) is 1.82. The first kappa shape index (κ1) is 15.2. The van der Waals surface area contributed by atoms with E-state index < -0.39 is 0 Å². The van der Waals surface area contributed by atoms with Crippen LogP contribution in [0.1, 0.15) is 30.4 Å². The van der Waals surface area contributed by atoms with Crippen molar-refractivity contribution in [2.75, 3.05) is 0 Å². The van der Waals surface area contributed by atoms with Gasteiger partial charge >= 0.3 is 0 Å². The zero-order chi connectivity index (χ0) is 15.8. The number of aryl methyl sites for hydroxylation is 1. The standard InChI is InChI=1S/C16H15ClN4S2/c1-10-19-20-16(21(10)14-6-7-14)23-9-13-8-22-15(18-13)11-2-4-12(17)5-3-11/h2-5,8,14H,6-7,9H2,1H3. The maximum Gasteiger partial charge on any atom is 0.191 e. The van der Waals surface area contributed by atoms with Gasteiger partial charge < -0.3 is 4.57 Å². The Hall–Kier alpha value is -1.37. The minimum Gasteiger partial charge on any atom is -0.303 e. The van der Waals surface area contributed by atoms with Crippen molar-refractivity contribution in [2.24, 2.45) is 0 Å². The molecule has 0 bridgehead atoms. The molecule has 1 aliphatic carbocycles. The van der Waals surface area contributed by atoms with Crippen LogP contribution in [-0.2, 0) is 5.75 Å². The van der Waals surface area contributed by atoms with Gasteiger partial charge in [-0.2, -0.15) is 0 Å². The van der Waals surface area contributed by atoms with Gasteiger partial charge in [-0.3, -0.25) is 0 Å². The van der Waals surface area contributed by atoms with Crippen molar-refractivity contribution in [3.8, 4) is 10.6 Å². The molecule has 0 amide bonds. The van der Waals surface area contributed by atoms with Gasteiger partial charge in [0.05, 0.1) is 5.69 Å². The van der Waals surface area contributed by atoms with E-state index in [-0.39, 0.29) is 0 Å². The largest absolute Gasteiger partial charge is 0.303 e. The molecule has 23 heavy (non-hydrogen) atoms. The number of rotatable bonds is 5. The van der Waals surface area contributed by atoms with Gasteiger partial charge in [-0.05, 0) is 31.9 Å². The lowest BCUT2D eigenvalue weighted by Crippen LogP contribution is -1.99. The summed E-state index contributed by atoms with van der Waals surface area (Å²) >= 11 is 9.31.